The van der Waals surface area contributed by atoms with Gasteiger partial charge in [0.05, 0.1) is 5.69 Å². The molecule has 0 radical (unpaired) electrons. The molecule has 0 atom stereocenters. The molecule has 0 aromatic carbocycles. The Morgan fingerprint density at radius 3 is 2.82 bits per heavy atom. The van der Waals surface area contributed by atoms with E-state index in [0.717, 1.165) is 11.3 Å². The van der Waals surface area contributed by atoms with Crippen LogP contribution in [0.4, 0.5) is 0 Å². The van der Waals surface area contributed by atoms with Crippen molar-refractivity contribution in [2.75, 3.05) is 6.61 Å². The van der Waals surface area contributed by atoms with Crippen molar-refractivity contribution in [3.05, 3.63) is 35.3 Å². The summed E-state index contributed by atoms with van der Waals surface area (Å²) in [6.45, 7) is 2.99. The largest absolute Gasteiger partial charge is 0.374 e. The smallest absolute Gasteiger partial charge is 0.134 e. The Balaban J connectivity index is 2.35. The fourth-order valence-electron chi connectivity index (χ4n) is 1.37. The van der Waals surface area contributed by atoms with Gasteiger partial charge in [-0.15, -0.1) is 0 Å². The molecule has 6 heteroatoms. The zero-order chi connectivity index (χ0) is 12.1. The monoisotopic (exact) mass is 248 g/mol. The molecule has 2 rings (SSSR count). The van der Waals surface area contributed by atoms with Gasteiger partial charge in [-0.25, -0.2) is 15.0 Å². The minimum atomic E-state index is 0.418. The van der Waals surface area contributed by atoms with Gasteiger partial charge < -0.3 is 9.72 Å². The fraction of sp³-hybridized carbons (Fsp3) is 0.273. The molecule has 0 amide bonds. The Morgan fingerprint density at radius 1 is 1.35 bits per heavy atom. The molecule has 0 spiro atoms. The lowest BCUT2D eigenvalue weighted by atomic mass is 10.2. The number of aromatic amines is 1. The molecular formula is C11H12N4OS. The molecule has 1 N–H and O–H groups in total. The number of nitrogens with one attached hydrogen (secondary N) is 1. The van der Waals surface area contributed by atoms with E-state index in [1.807, 2.05) is 6.92 Å². The first-order valence-electron chi connectivity index (χ1n) is 5.23. The number of hydrogen-bond acceptors (Lipinski definition) is 5. The van der Waals surface area contributed by atoms with E-state index in [4.69, 9.17) is 17.0 Å². The van der Waals surface area contributed by atoms with E-state index < -0.39 is 0 Å². The summed E-state index contributed by atoms with van der Waals surface area (Å²) < 4.78 is 5.82. The van der Waals surface area contributed by atoms with Crippen molar-refractivity contribution in [1.29, 1.82) is 0 Å². The number of hydrogen-bond donors (Lipinski definition) is 1. The first-order valence-corrected chi connectivity index (χ1v) is 5.64. The van der Waals surface area contributed by atoms with Crippen LogP contribution >= 0.6 is 12.2 Å². The molecule has 0 aliphatic carbocycles. The Bertz CT molecular complexity index is 541. The summed E-state index contributed by atoms with van der Waals surface area (Å²) in [5, 5.41) is 0. The van der Waals surface area contributed by atoms with Gasteiger partial charge in [-0.2, -0.15) is 0 Å². The van der Waals surface area contributed by atoms with Gasteiger partial charge in [0.15, 0.2) is 0 Å². The topological polar surface area (TPSA) is 63.7 Å². The summed E-state index contributed by atoms with van der Waals surface area (Å²) in [6.07, 6.45) is 4.93. The second-order valence-electron chi connectivity index (χ2n) is 3.34. The van der Waals surface area contributed by atoms with Crippen LogP contribution in [-0.4, -0.2) is 26.5 Å². The van der Waals surface area contributed by atoms with Crippen LogP contribution in [0.1, 0.15) is 12.7 Å². The average Bonchev–Trinajstić information content (AvgIpc) is 2.37. The van der Waals surface area contributed by atoms with Gasteiger partial charge in [-0.3, -0.25) is 0 Å². The van der Waals surface area contributed by atoms with Crippen LogP contribution in [0, 0.1) is 4.64 Å². The second kappa shape index (κ2) is 5.60. The molecule has 88 valence electrons. The Morgan fingerprint density at radius 2 is 2.12 bits per heavy atom. The maximum Gasteiger partial charge on any atom is 0.134 e. The maximum absolute atomic E-state index is 5.29. The lowest BCUT2D eigenvalue weighted by Gasteiger charge is -2.05. The van der Waals surface area contributed by atoms with E-state index in [-0.39, 0.29) is 0 Å². The van der Waals surface area contributed by atoms with Crippen molar-refractivity contribution >= 4 is 12.2 Å². The van der Waals surface area contributed by atoms with Crippen molar-refractivity contribution < 1.29 is 4.74 Å². The Hall–Kier alpha value is -1.66. The summed E-state index contributed by atoms with van der Waals surface area (Å²) in [5.41, 5.74) is 1.72. The molecule has 5 nitrogen and oxygen atoms in total. The highest BCUT2D eigenvalue weighted by Crippen LogP contribution is 2.14. The zero-order valence-corrected chi connectivity index (χ0v) is 10.2. The fourth-order valence-corrected chi connectivity index (χ4v) is 1.60. The third-order valence-electron chi connectivity index (χ3n) is 2.11. The summed E-state index contributed by atoms with van der Waals surface area (Å²) in [7, 11) is 0. The maximum atomic E-state index is 5.29. The van der Waals surface area contributed by atoms with E-state index in [9.17, 15) is 0 Å². The lowest BCUT2D eigenvalue weighted by Crippen LogP contribution is -2.00. The third kappa shape index (κ3) is 3.15. The van der Waals surface area contributed by atoms with Crippen molar-refractivity contribution in [3.63, 3.8) is 0 Å². The highest BCUT2D eigenvalue weighted by Gasteiger charge is 2.02. The van der Waals surface area contributed by atoms with Gasteiger partial charge in [0.2, 0.25) is 0 Å². The molecule has 0 unspecified atom stereocenters. The van der Waals surface area contributed by atoms with Gasteiger partial charge >= 0.3 is 0 Å². The Kier molecular flexibility index (Phi) is 3.89. The van der Waals surface area contributed by atoms with E-state index in [1.54, 1.807) is 18.5 Å². The highest BCUT2D eigenvalue weighted by molar-refractivity contribution is 7.71. The summed E-state index contributed by atoms with van der Waals surface area (Å²) >= 11 is 5.11. The molecule has 17 heavy (non-hydrogen) atoms. The molecule has 2 aromatic rings. The van der Waals surface area contributed by atoms with Crippen LogP contribution in [0.5, 0.6) is 0 Å². The SMILES string of the molecule is CCOCc1nc(=S)cc(-c2cncnc2)[nH]1. The molecule has 2 heterocycles. The van der Waals surface area contributed by atoms with Gasteiger partial charge in [0.25, 0.3) is 0 Å². The van der Waals surface area contributed by atoms with E-state index in [2.05, 4.69) is 19.9 Å². The Labute approximate surface area is 104 Å². The number of H-pyrrole nitrogens is 1. The van der Waals surface area contributed by atoms with Crippen LogP contribution in [0.2, 0.25) is 0 Å². The third-order valence-corrected chi connectivity index (χ3v) is 2.32. The van der Waals surface area contributed by atoms with Crippen molar-refractivity contribution in [2.45, 2.75) is 13.5 Å². The summed E-state index contributed by atoms with van der Waals surface area (Å²) in [5.74, 6) is 0.707. The van der Waals surface area contributed by atoms with Crippen LogP contribution in [-0.2, 0) is 11.3 Å². The van der Waals surface area contributed by atoms with Gasteiger partial charge in [0.1, 0.15) is 23.4 Å². The van der Waals surface area contributed by atoms with Crippen LogP contribution < -0.4 is 0 Å². The zero-order valence-electron chi connectivity index (χ0n) is 9.38. The predicted molar refractivity (Wildman–Crippen MR) is 65.8 cm³/mol. The average molecular weight is 248 g/mol. The summed E-state index contributed by atoms with van der Waals surface area (Å²) in [6, 6.07) is 1.78. The second-order valence-corrected chi connectivity index (χ2v) is 3.76. The molecule has 0 saturated heterocycles. The quantitative estimate of drug-likeness (QED) is 0.840. The molecule has 0 fully saturated rings. The van der Waals surface area contributed by atoms with Crippen LogP contribution in [0.3, 0.4) is 0 Å². The van der Waals surface area contributed by atoms with Crippen molar-refractivity contribution in [1.82, 2.24) is 19.9 Å². The van der Waals surface area contributed by atoms with Crippen molar-refractivity contribution in [2.24, 2.45) is 0 Å². The molecule has 2 aromatic heterocycles. The predicted octanol–water partition coefficient (Wildman–Crippen LogP) is 2.13. The number of aromatic nitrogens is 4. The first kappa shape index (κ1) is 11.8. The number of ether oxygens (including phenoxy) is 1. The minimum Gasteiger partial charge on any atom is -0.374 e. The van der Waals surface area contributed by atoms with Crippen molar-refractivity contribution in [3.8, 4) is 11.3 Å². The van der Waals surface area contributed by atoms with Gasteiger partial charge in [-0.1, -0.05) is 12.2 Å². The van der Waals surface area contributed by atoms with Crippen LogP contribution in [0.25, 0.3) is 11.3 Å². The molecule has 0 aliphatic heterocycles. The van der Waals surface area contributed by atoms with Gasteiger partial charge in [-0.05, 0) is 13.0 Å². The number of rotatable bonds is 4. The number of nitrogens with zero attached hydrogens (tertiary/aromatic N) is 3. The minimum absolute atomic E-state index is 0.418. The first-order chi connectivity index (χ1) is 8.29. The van der Waals surface area contributed by atoms with Gasteiger partial charge in [0, 0.05) is 24.6 Å². The molecule has 0 bridgehead atoms. The van der Waals surface area contributed by atoms with E-state index >= 15 is 0 Å². The van der Waals surface area contributed by atoms with Crippen LogP contribution in [0.15, 0.2) is 24.8 Å². The van der Waals surface area contributed by atoms with E-state index in [0.29, 0.717) is 23.7 Å². The standard InChI is InChI=1S/C11H12N4OS/c1-2-16-6-10-14-9(3-11(17)15-10)8-4-12-7-13-5-8/h3-5,7H,2,6H2,1H3,(H,14,15,17). The van der Waals surface area contributed by atoms with E-state index in [1.165, 1.54) is 6.33 Å². The molecular weight excluding hydrogens is 236 g/mol. The molecule has 0 saturated carbocycles. The molecule has 0 aliphatic rings. The highest BCUT2D eigenvalue weighted by atomic mass is 32.1. The lowest BCUT2D eigenvalue weighted by molar-refractivity contribution is 0.128. The normalized spacial score (nSPS) is 10.4. The summed E-state index contributed by atoms with van der Waals surface area (Å²) in [4.78, 5) is 15.3.